The Morgan fingerprint density at radius 2 is 1.12 bits per heavy atom. The third-order valence-corrected chi connectivity index (χ3v) is 10.6. The van der Waals surface area contributed by atoms with Crippen LogP contribution in [-0.4, -0.2) is 79.3 Å². The molecule has 4 atom stereocenters. The molecule has 3 N–H and O–H groups in total. The van der Waals surface area contributed by atoms with Gasteiger partial charge in [0.25, 0.3) is 17.1 Å². The van der Waals surface area contributed by atoms with E-state index in [-0.39, 0.29) is 55.7 Å². The third kappa shape index (κ3) is 10.2. The summed E-state index contributed by atoms with van der Waals surface area (Å²) in [6.07, 6.45) is -2.79. The van der Waals surface area contributed by atoms with Crippen LogP contribution in [0.25, 0.3) is 0 Å². The molecule has 0 saturated carbocycles. The molecule has 3 aromatic rings. The molecule has 20 nitrogen and oxygen atoms in total. The number of esters is 1. The van der Waals surface area contributed by atoms with Crippen molar-refractivity contribution in [3.63, 3.8) is 0 Å². The van der Waals surface area contributed by atoms with E-state index in [1.807, 2.05) is 0 Å². The van der Waals surface area contributed by atoms with Crippen LogP contribution in [0.4, 0.5) is 26.7 Å². The number of non-ortho nitro benzene ring substituents is 3. The van der Waals surface area contributed by atoms with E-state index in [1.54, 1.807) is 6.92 Å². The molecule has 1 saturated heterocycles. The van der Waals surface area contributed by atoms with E-state index >= 15 is 0 Å². The van der Waals surface area contributed by atoms with Crippen molar-refractivity contribution in [2.24, 2.45) is 11.8 Å². The number of alkyl carbamates (subject to hydrolysis) is 2. The van der Waals surface area contributed by atoms with Crippen LogP contribution in [0.3, 0.4) is 0 Å². The maximum Gasteiger partial charge on any atom is 0.407 e. The van der Waals surface area contributed by atoms with Crippen molar-refractivity contribution in [2.45, 2.75) is 51.1 Å². The van der Waals surface area contributed by atoms with Crippen LogP contribution in [0.5, 0.6) is 0 Å². The number of aliphatic hydroxyl groups is 1. The van der Waals surface area contributed by atoms with Crippen LogP contribution in [-0.2, 0) is 43.6 Å². The van der Waals surface area contributed by atoms with Crippen molar-refractivity contribution in [1.82, 2.24) is 15.5 Å². The van der Waals surface area contributed by atoms with E-state index in [4.69, 9.17) is 14.2 Å². The number of nitrogens with zero attached hydrogens (tertiary/aromatic N) is 4. The van der Waals surface area contributed by atoms with E-state index < -0.39 is 68.1 Å². The van der Waals surface area contributed by atoms with Gasteiger partial charge in [0.2, 0.25) is 5.91 Å². The summed E-state index contributed by atoms with van der Waals surface area (Å²) in [5, 5.41) is 47.8. The number of carbonyl (C=O) groups excluding carboxylic acids is 4. The fraction of sp³-hybridized carbons (Fsp3) is 0.333. The van der Waals surface area contributed by atoms with Gasteiger partial charge in [0.1, 0.15) is 25.5 Å². The number of hydrogen-bond acceptors (Lipinski definition) is 15. The van der Waals surface area contributed by atoms with Crippen LogP contribution in [0.15, 0.2) is 83.4 Å². The highest BCUT2D eigenvalue weighted by molar-refractivity contribution is 8.03. The van der Waals surface area contributed by atoms with Gasteiger partial charge >= 0.3 is 18.2 Å². The first-order chi connectivity index (χ1) is 27.1. The Morgan fingerprint density at radius 1 is 0.737 bits per heavy atom. The standard InChI is InChI=1S/C36H36N6O14S/c1-20-30-29(21(2)43)33(44)39(30)31(34(45)54-17-22-3-9-25(10-4-22)40(48)49)32(20)57-28(15-37-35(46)55-18-23-5-11-26(12-6-23)41(50)51)16-38-36(47)56-19-24-7-13-27(14-8-24)42(52)53/h3-14,20-21,28-30,43H,15-19H2,1-2H3,(H,37,46)(H,38,47)/t20-,21-,29-,30+/m1/s1. The monoisotopic (exact) mass is 808 g/mol. The Bertz CT molecular complexity index is 1980. The smallest absolute Gasteiger partial charge is 0.407 e. The Kier molecular flexibility index (Phi) is 13.4. The Hall–Kier alpha value is -6.61. The molecule has 0 aromatic heterocycles. The molecule has 3 amide bonds. The summed E-state index contributed by atoms with van der Waals surface area (Å²) >= 11 is 1.07. The molecule has 2 aliphatic rings. The number of carbonyl (C=O) groups is 4. The van der Waals surface area contributed by atoms with Crippen LogP contribution < -0.4 is 10.6 Å². The van der Waals surface area contributed by atoms with Gasteiger partial charge < -0.3 is 34.9 Å². The lowest BCUT2D eigenvalue weighted by atomic mass is 9.79. The van der Waals surface area contributed by atoms with Crippen LogP contribution in [0.2, 0.25) is 0 Å². The number of aliphatic hydroxyl groups excluding tert-OH is 1. The van der Waals surface area contributed by atoms with Gasteiger partial charge in [-0.3, -0.25) is 35.1 Å². The molecular weight excluding hydrogens is 772 g/mol. The first-order valence-electron chi connectivity index (χ1n) is 17.2. The molecule has 0 spiro atoms. The molecular formula is C36H36N6O14S. The number of nitrogens with one attached hydrogen (secondary N) is 2. The summed E-state index contributed by atoms with van der Waals surface area (Å²) in [5.74, 6) is -2.72. The molecule has 3 aromatic carbocycles. The highest BCUT2D eigenvalue weighted by atomic mass is 32.2. The van der Waals surface area contributed by atoms with Gasteiger partial charge in [-0.2, -0.15) is 0 Å². The van der Waals surface area contributed by atoms with Crippen LogP contribution >= 0.6 is 11.8 Å². The highest BCUT2D eigenvalue weighted by Crippen LogP contribution is 2.51. The molecule has 0 unspecified atom stereocenters. The molecule has 2 aliphatic heterocycles. The lowest BCUT2D eigenvalue weighted by Crippen LogP contribution is -2.63. The van der Waals surface area contributed by atoms with Crippen molar-refractivity contribution in [1.29, 1.82) is 0 Å². The van der Waals surface area contributed by atoms with Crippen molar-refractivity contribution in [3.05, 3.63) is 130 Å². The lowest BCUT2D eigenvalue weighted by Gasteiger charge is -2.46. The summed E-state index contributed by atoms with van der Waals surface area (Å²) in [5.41, 5.74) is 0.858. The highest BCUT2D eigenvalue weighted by Gasteiger charge is 2.60. The molecule has 21 heteroatoms. The van der Waals surface area contributed by atoms with E-state index in [2.05, 4.69) is 10.6 Å². The second-order valence-corrected chi connectivity index (χ2v) is 14.3. The fourth-order valence-electron chi connectivity index (χ4n) is 6.16. The van der Waals surface area contributed by atoms with Gasteiger partial charge in [-0.05, 0) is 60.0 Å². The minimum Gasteiger partial charge on any atom is -0.456 e. The average Bonchev–Trinajstić information content (AvgIpc) is 3.43. The van der Waals surface area contributed by atoms with Gasteiger partial charge in [-0.1, -0.05) is 6.92 Å². The second kappa shape index (κ2) is 18.3. The van der Waals surface area contributed by atoms with Gasteiger partial charge in [0.15, 0.2) is 0 Å². The zero-order valence-electron chi connectivity index (χ0n) is 30.3. The van der Waals surface area contributed by atoms with Crippen molar-refractivity contribution >= 4 is 52.9 Å². The second-order valence-electron chi connectivity index (χ2n) is 13.0. The Labute approximate surface area is 327 Å². The van der Waals surface area contributed by atoms with E-state index in [9.17, 15) is 54.6 Å². The third-order valence-electron chi connectivity index (χ3n) is 9.09. The number of benzene rings is 3. The predicted octanol–water partition coefficient (Wildman–Crippen LogP) is 4.48. The maximum atomic E-state index is 13.7. The van der Waals surface area contributed by atoms with E-state index in [1.165, 1.54) is 84.6 Å². The molecule has 1 fully saturated rings. The number of β-lactam (4-membered cyclic amide) rings is 1. The predicted molar refractivity (Wildman–Crippen MR) is 199 cm³/mol. The summed E-state index contributed by atoms with van der Waals surface area (Å²) < 4.78 is 16.1. The van der Waals surface area contributed by atoms with E-state index in [0.717, 1.165) is 11.8 Å². The SMILES string of the molecule is C[C@@H](O)[C@H]1C(=O)N2C(C(=O)OCc3ccc([N+](=O)[O-])cc3)=C(SC(CNC(=O)OCc3ccc([N+](=O)[O-])cc3)CNC(=O)OCc3ccc([N+](=O)[O-])cc3)[C@H](C)[C@@H]12. The summed E-state index contributed by atoms with van der Waals surface area (Å²) in [6, 6.07) is 15.5. The summed E-state index contributed by atoms with van der Waals surface area (Å²) in [4.78, 5) is 85.5. The molecule has 0 radical (unpaired) electrons. The molecule has 5 rings (SSSR count). The van der Waals surface area contributed by atoms with Crippen LogP contribution in [0.1, 0.15) is 30.5 Å². The first-order valence-corrected chi connectivity index (χ1v) is 18.1. The summed E-state index contributed by atoms with van der Waals surface area (Å²) in [6.45, 7) is 2.17. The normalized spacial score (nSPS) is 17.6. The van der Waals surface area contributed by atoms with Gasteiger partial charge in [0, 0.05) is 65.6 Å². The van der Waals surface area contributed by atoms with Crippen molar-refractivity contribution in [2.75, 3.05) is 13.1 Å². The number of thioether (sulfide) groups is 1. The number of ether oxygens (including phenoxy) is 3. The molecule has 300 valence electrons. The van der Waals surface area contributed by atoms with Gasteiger partial charge in [-0.25, -0.2) is 14.4 Å². The largest absolute Gasteiger partial charge is 0.456 e. The molecule has 57 heavy (non-hydrogen) atoms. The van der Waals surface area contributed by atoms with Gasteiger partial charge in [-0.15, -0.1) is 11.8 Å². The first kappa shape index (κ1) is 41.6. The number of nitro benzene ring substituents is 3. The molecule has 0 aliphatic carbocycles. The van der Waals surface area contributed by atoms with Crippen molar-refractivity contribution < 1.29 is 53.3 Å². The van der Waals surface area contributed by atoms with E-state index in [0.29, 0.717) is 21.6 Å². The number of fused-ring (bicyclic) bond motifs is 1. The minimum absolute atomic E-state index is 0.0900. The Balaban J connectivity index is 1.32. The maximum absolute atomic E-state index is 13.7. The van der Waals surface area contributed by atoms with Gasteiger partial charge in [0.05, 0.1) is 32.8 Å². The topological polar surface area (TPSA) is 273 Å². The molecule has 0 bridgehead atoms. The number of amides is 3. The number of rotatable bonds is 17. The van der Waals surface area contributed by atoms with Crippen LogP contribution in [0, 0.1) is 42.2 Å². The zero-order chi connectivity index (χ0) is 41.4. The number of hydrogen-bond donors (Lipinski definition) is 3. The van der Waals surface area contributed by atoms with Crippen molar-refractivity contribution in [3.8, 4) is 0 Å². The summed E-state index contributed by atoms with van der Waals surface area (Å²) in [7, 11) is 0. The average molecular weight is 809 g/mol. The molecule has 2 heterocycles. The quantitative estimate of drug-likeness (QED) is 0.0558. The number of nitro groups is 3. The lowest BCUT2D eigenvalue weighted by molar-refractivity contribution is -0.385. The Morgan fingerprint density at radius 3 is 1.49 bits per heavy atom. The zero-order valence-corrected chi connectivity index (χ0v) is 31.1. The fourth-order valence-corrected chi connectivity index (χ4v) is 7.50. The minimum atomic E-state index is -1.04.